The largest absolute Gasteiger partial charge is 0.393 e. The fourth-order valence-corrected chi connectivity index (χ4v) is 3.84. The fourth-order valence-electron chi connectivity index (χ4n) is 2.23. The van der Waals surface area contributed by atoms with Gasteiger partial charge in [-0.2, -0.15) is 4.98 Å². The second-order valence-electron chi connectivity index (χ2n) is 4.94. The van der Waals surface area contributed by atoms with Crippen LogP contribution < -0.4 is 11.3 Å². The molecule has 0 aromatic carbocycles. The molecule has 4 N–H and O–H groups in total. The number of hydrogen-bond donors (Lipinski definition) is 3. The van der Waals surface area contributed by atoms with Gasteiger partial charge >= 0.3 is 7.60 Å². The van der Waals surface area contributed by atoms with Crippen LogP contribution in [0.25, 0.3) is 11.2 Å². The number of aromatic nitrogens is 4. The number of aromatic amines is 1. The van der Waals surface area contributed by atoms with E-state index in [2.05, 4.69) is 15.0 Å². The summed E-state index contributed by atoms with van der Waals surface area (Å²) in [5, 5.41) is 9.47. The van der Waals surface area contributed by atoms with E-state index < -0.39 is 25.6 Å². The molecule has 2 heterocycles. The molecule has 2 aromatic rings. The Kier molecular flexibility index (Phi) is 6.68. The average Bonchev–Trinajstić information content (AvgIpc) is 2.95. The Bertz CT molecular complexity index is 796. The van der Waals surface area contributed by atoms with Crippen molar-refractivity contribution >= 4 is 24.7 Å². The Morgan fingerprint density at radius 2 is 2.08 bits per heavy atom. The van der Waals surface area contributed by atoms with Crippen LogP contribution in [0.15, 0.2) is 11.1 Å². The lowest BCUT2D eigenvalue weighted by molar-refractivity contribution is 0.0319. The molecule has 12 heteroatoms. The summed E-state index contributed by atoms with van der Waals surface area (Å²) in [5.41, 5.74) is 5.56. The second kappa shape index (κ2) is 8.54. The van der Waals surface area contributed by atoms with Crippen molar-refractivity contribution in [1.29, 1.82) is 0 Å². The van der Waals surface area contributed by atoms with Crippen molar-refractivity contribution < 1.29 is 23.5 Å². The number of aliphatic hydroxyl groups excluding tert-OH is 1. The Labute approximate surface area is 143 Å². The van der Waals surface area contributed by atoms with Crippen LogP contribution in [0, 0.1) is 0 Å². The number of imidazole rings is 1. The first-order chi connectivity index (χ1) is 11.9. The summed E-state index contributed by atoms with van der Waals surface area (Å²) in [6.45, 7) is 3.46. The first-order valence-electron chi connectivity index (χ1n) is 7.77. The maximum atomic E-state index is 12.6. The Morgan fingerprint density at radius 1 is 1.40 bits per heavy atom. The summed E-state index contributed by atoms with van der Waals surface area (Å²) in [6, 6.07) is 0. The molecule has 0 bridgehead atoms. The van der Waals surface area contributed by atoms with Gasteiger partial charge in [0.25, 0.3) is 5.56 Å². The zero-order valence-corrected chi connectivity index (χ0v) is 14.9. The minimum atomic E-state index is -3.59. The highest BCUT2D eigenvalue weighted by Crippen LogP contribution is 2.53. The summed E-state index contributed by atoms with van der Waals surface area (Å²) in [6.07, 6.45) is 1.42. The lowest BCUT2D eigenvalue weighted by atomic mass is 10.5. The summed E-state index contributed by atoms with van der Waals surface area (Å²) in [5.74, 6) is -1.13. The monoisotopic (exact) mass is 375 g/mol. The molecular formula is C13H22N5O6P. The van der Waals surface area contributed by atoms with Gasteiger partial charge in [-0.3, -0.25) is 14.3 Å². The van der Waals surface area contributed by atoms with Crippen molar-refractivity contribution in [2.24, 2.45) is 0 Å². The topological polar surface area (TPSA) is 155 Å². The van der Waals surface area contributed by atoms with Crippen LogP contribution in [0.3, 0.4) is 0 Å². The molecule has 0 saturated heterocycles. The third-order valence-corrected chi connectivity index (χ3v) is 5.52. The van der Waals surface area contributed by atoms with Gasteiger partial charge in [0.15, 0.2) is 17.0 Å². The van der Waals surface area contributed by atoms with Gasteiger partial charge in [-0.15, -0.1) is 0 Å². The first-order valence-corrected chi connectivity index (χ1v) is 9.38. The fraction of sp³-hybridized carbons (Fsp3) is 0.615. The number of fused-ring (bicyclic) bond motifs is 1. The molecule has 0 saturated carbocycles. The minimum absolute atomic E-state index is 0.0226. The van der Waals surface area contributed by atoms with E-state index in [1.165, 1.54) is 6.33 Å². The lowest BCUT2D eigenvalue weighted by Gasteiger charge is -2.24. The molecule has 25 heavy (non-hydrogen) atoms. The third kappa shape index (κ3) is 4.44. The van der Waals surface area contributed by atoms with Crippen molar-refractivity contribution in [2.75, 3.05) is 32.2 Å². The number of nitrogens with two attached hydrogens (primary N) is 1. The lowest BCUT2D eigenvalue weighted by Crippen LogP contribution is -2.23. The van der Waals surface area contributed by atoms with Crippen LogP contribution in [0.5, 0.6) is 0 Å². The summed E-state index contributed by atoms with van der Waals surface area (Å²) in [7, 11) is -3.59. The van der Waals surface area contributed by atoms with Gasteiger partial charge in [0.2, 0.25) is 5.95 Å². The number of aliphatic hydroxyl groups is 1. The molecule has 0 aliphatic rings. The number of anilines is 1. The highest BCUT2D eigenvalue weighted by atomic mass is 31.2. The van der Waals surface area contributed by atoms with E-state index in [0.717, 1.165) is 0 Å². The number of nitrogens with zero attached hydrogens (tertiary/aromatic N) is 3. The van der Waals surface area contributed by atoms with Gasteiger partial charge < -0.3 is 29.2 Å². The van der Waals surface area contributed by atoms with E-state index in [-0.39, 0.29) is 37.8 Å². The highest BCUT2D eigenvalue weighted by Gasteiger charge is 2.36. The van der Waals surface area contributed by atoms with Crippen molar-refractivity contribution in [3.8, 4) is 0 Å². The number of rotatable bonds is 10. The van der Waals surface area contributed by atoms with E-state index in [9.17, 15) is 14.5 Å². The van der Waals surface area contributed by atoms with Crippen molar-refractivity contribution in [2.45, 2.75) is 26.2 Å². The molecule has 0 amide bonds. The SMILES string of the molecule is CCOP(=O)(OCC)C(CO)OCCn1cnc2c(=O)[nH]c(N)nc21. The molecule has 0 aliphatic heterocycles. The minimum Gasteiger partial charge on any atom is -0.393 e. The van der Waals surface area contributed by atoms with E-state index in [1.54, 1.807) is 18.4 Å². The van der Waals surface area contributed by atoms with Crippen LogP contribution in [-0.2, 0) is 24.9 Å². The quantitative estimate of drug-likeness (QED) is 0.497. The van der Waals surface area contributed by atoms with E-state index in [4.69, 9.17) is 19.5 Å². The van der Waals surface area contributed by atoms with Crippen LogP contribution in [0.2, 0.25) is 0 Å². The van der Waals surface area contributed by atoms with Crippen LogP contribution in [0.4, 0.5) is 5.95 Å². The second-order valence-corrected chi connectivity index (χ2v) is 7.12. The van der Waals surface area contributed by atoms with Crippen molar-refractivity contribution in [3.05, 3.63) is 16.7 Å². The van der Waals surface area contributed by atoms with Crippen molar-refractivity contribution in [3.63, 3.8) is 0 Å². The van der Waals surface area contributed by atoms with E-state index >= 15 is 0 Å². The maximum Gasteiger partial charge on any atom is 0.361 e. The normalized spacial score (nSPS) is 13.4. The van der Waals surface area contributed by atoms with Crippen LogP contribution in [-0.4, -0.2) is 56.9 Å². The predicted molar refractivity (Wildman–Crippen MR) is 90.2 cm³/mol. The number of nitrogens with one attached hydrogen (secondary N) is 1. The Hall–Kier alpha value is -1.78. The molecule has 0 fully saturated rings. The number of H-pyrrole nitrogens is 1. The van der Waals surface area contributed by atoms with Crippen LogP contribution in [0.1, 0.15) is 13.8 Å². The van der Waals surface area contributed by atoms with Gasteiger partial charge in [-0.1, -0.05) is 0 Å². The van der Waals surface area contributed by atoms with Gasteiger partial charge in [0.05, 0.1) is 32.8 Å². The highest BCUT2D eigenvalue weighted by molar-refractivity contribution is 7.54. The summed E-state index contributed by atoms with van der Waals surface area (Å²) < 4.78 is 30.0. The molecule has 2 rings (SSSR count). The predicted octanol–water partition coefficient (Wildman–Crippen LogP) is 0.303. The van der Waals surface area contributed by atoms with Gasteiger partial charge in [0, 0.05) is 6.54 Å². The molecule has 140 valence electrons. The summed E-state index contributed by atoms with van der Waals surface area (Å²) in [4.78, 5) is 22.1. The Morgan fingerprint density at radius 3 is 2.68 bits per heavy atom. The van der Waals surface area contributed by atoms with E-state index in [1.807, 2.05) is 0 Å². The zero-order chi connectivity index (χ0) is 18.4. The molecule has 0 aliphatic carbocycles. The van der Waals surface area contributed by atoms with Crippen LogP contribution >= 0.6 is 7.60 Å². The number of ether oxygens (including phenoxy) is 1. The molecule has 0 spiro atoms. The molecule has 11 nitrogen and oxygen atoms in total. The smallest absolute Gasteiger partial charge is 0.361 e. The van der Waals surface area contributed by atoms with Crippen molar-refractivity contribution in [1.82, 2.24) is 19.5 Å². The maximum absolute atomic E-state index is 12.6. The average molecular weight is 375 g/mol. The molecular weight excluding hydrogens is 353 g/mol. The zero-order valence-electron chi connectivity index (χ0n) is 14.0. The number of nitrogen functional groups attached to an aromatic ring is 1. The van der Waals surface area contributed by atoms with Gasteiger partial charge in [-0.25, -0.2) is 4.98 Å². The molecule has 1 unspecified atom stereocenters. The standard InChI is InChI=1S/C13H22N5O6P/c1-3-23-25(21,24-4-2)9(7-19)22-6-5-18-8-15-10-11(18)16-13(14)17-12(10)20/h8-9,19H,3-7H2,1-2H3,(H3,14,16,17,20). The summed E-state index contributed by atoms with van der Waals surface area (Å²) >= 11 is 0. The third-order valence-electron chi connectivity index (χ3n) is 3.26. The van der Waals surface area contributed by atoms with E-state index in [0.29, 0.717) is 5.65 Å². The molecule has 0 radical (unpaired) electrons. The molecule has 2 aromatic heterocycles. The van der Waals surface area contributed by atoms with Gasteiger partial charge in [0.1, 0.15) is 0 Å². The number of hydrogen-bond acceptors (Lipinski definition) is 9. The van der Waals surface area contributed by atoms with Gasteiger partial charge in [-0.05, 0) is 13.8 Å². The first kappa shape index (κ1) is 19.5. The molecule has 1 atom stereocenters. The Balaban J connectivity index is 2.08.